The molecule has 19 heavy (non-hydrogen) atoms. The number of carbonyl (C=O) groups is 1. The van der Waals surface area contributed by atoms with Gasteiger partial charge < -0.3 is 10.2 Å². The van der Waals surface area contributed by atoms with Crippen LogP contribution in [-0.2, 0) is 4.79 Å². The lowest BCUT2D eigenvalue weighted by Crippen LogP contribution is -2.47. The van der Waals surface area contributed by atoms with E-state index in [1.54, 1.807) is 0 Å². The van der Waals surface area contributed by atoms with Gasteiger partial charge in [-0.05, 0) is 44.7 Å². The van der Waals surface area contributed by atoms with Crippen LogP contribution in [0.4, 0.5) is 0 Å². The number of hydrogen-bond acceptors (Lipinski definition) is 3. The van der Waals surface area contributed by atoms with Crippen molar-refractivity contribution in [2.75, 3.05) is 39.3 Å². The van der Waals surface area contributed by atoms with E-state index < -0.39 is 0 Å². The van der Waals surface area contributed by atoms with Crippen LogP contribution in [0, 0.1) is 5.92 Å². The summed E-state index contributed by atoms with van der Waals surface area (Å²) >= 11 is 0. The van der Waals surface area contributed by atoms with Crippen molar-refractivity contribution in [1.82, 2.24) is 15.1 Å². The Morgan fingerprint density at radius 2 is 2.21 bits per heavy atom. The molecule has 110 valence electrons. The third kappa shape index (κ3) is 4.46. The number of amides is 1. The van der Waals surface area contributed by atoms with E-state index in [2.05, 4.69) is 29.0 Å². The number of piperidine rings is 1. The Balaban J connectivity index is 1.77. The highest BCUT2D eigenvalue weighted by Crippen LogP contribution is 2.16. The molecule has 2 unspecified atom stereocenters. The van der Waals surface area contributed by atoms with Gasteiger partial charge in [-0.15, -0.1) is 0 Å². The van der Waals surface area contributed by atoms with Gasteiger partial charge in [0.15, 0.2) is 0 Å². The Morgan fingerprint density at radius 1 is 1.37 bits per heavy atom. The molecule has 0 aromatic heterocycles. The van der Waals surface area contributed by atoms with Crippen LogP contribution >= 0.6 is 0 Å². The second-order valence-electron chi connectivity index (χ2n) is 6.21. The largest absolute Gasteiger partial charge is 0.341 e. The SMILES string of the molecule is CCN(CC(=O)N1CCCC(C)C1)CC1CCCN1. The lowest BCUT2D eigenvalue weighted by Gasteiger charge is -2.33. The van der Waals surface area contributed by atoms with Crippen LogP contribution in [0.25, 0.3) is 0 Å². The van der Waals surface area contributed by atoms with Gasteiger partial charge in [0.05, 0.1) is 6.54 Å². The molecule has 0 saturated carbocycles. The van der Waals surface area contributed by atoms with Crippen LogP contribution in [0.1, 0.15) is 39.5 Å². The molecule has 0 radical (unpaired) electrons. The van der Waals surface area contributed by atoms with Crippen molar-refractivity contribution in [1.29, 1.82) is 0 Å². The zero-order valence-corrected chi connectivity index (χ0v) is 12.5. The quantitative estimate of drug-likeness (QED) is 0.816. The molecule has 2 rings (SSSR count). The highest BCUT2D eigenvalue weighted by molar-refractivity contribution is 5.78. The van der Waals surface area contributed by atoms with Crippen LogP contribution in [0.5, 0.6) is 0 Å². The van der Waals surface area contributed by atoms with Crippen LogP contribution in [-0.4, -0.2) is 61.0 Å². The third-order valence-corrected chi connectivity index (χ3v) is 4.46. The smallest absolute Gasteiger partial charge is 0.236 e. The minimum Gasteiger partial charge on any atom is -0.341 e. The monoisotopic (exact) mass is 267 g/mol. The van der Waals surface area contributed by atoms with E-state index in [1.165, 1.54) is 25.7 Å². The van der Waals surface area contributed by atoms with E-state index in [0.717, 1.165) is 32.7 Å². The highest BCUT2D eigenvalue weighted by atomic mass is 16.2. The third-order valence-electron chi connectivity index (χ3n) is 4.46. The predicted molar refractivity (Wildman–Crippen MR) is 78.1 cm³/mol. The second-order valence-corrected chi connectivity index (χ2v) is 6.21. The van der Waals surface area contributed by atoms with Gasteiger partial charge in [-0.2, -0.15) is 0 Å². The molecule has 4 nitrogen and oxygen atoms in total. The number of rotatable bonds is 5. The standard InChI is InChI=1S/C15H29N3O/c1-3-17(11-14-7-4-8-16-14)12-15(19)18-9-5-6-13(2)10-18/h13-14,16H,3-12H2,1-2H3. The Kier molecular flexibility index (Phi) is 5.64. The molecular formula is C15H29N3O. The van der Waals surface area contributed by atoms with Gasteiger partial charge in [0.2, 0.25) is 5.91 Å². The van der Waals surface area contributed by atoms with Crippen LogP contribution in [0.15, 0.2) is 0 Å². The summed E-state index contributed by atoms with van der Waals surface area (Å²) in [6.07, 6.45) is 4.97. The first kappa shape index (κ1) is 14.8. The molecule has 2 aliphatic rings. The molecule has 0 aromatic rings. The Morgan fingerprint density at radius 3 is 2.84 bits per heavy atom. The number of likely N-dealkylation sites (N-methyl/N-ethyl adjacent to an activating group) is 1. The Labute approximate surface area is 117 Å². The van der Waals surface area contributed by atoms with Gasteiger partial charge in [0.1, 0.15) is 0 Å². The van der Waals surface area contributed by atoms with Gasteiger partial charge in [0, 0.05) is 25.7 Å². The zero-order chi connectivity index (χ0) is 13.7. The summed E-state index contributed by atoms with van der Waals surface area (Å²) in [6.45, 7) is 10.0. The molecule has 4 heteroatoms. The fourth-order valence-corrected chi connectivity index (χ4v) is 3.24. The van der Waals surface area contributed by atoms with Gasteiger partial charge in [-0.1, -0.05) is 13.8 Å². The van der Waals surface area contributed by atoms with E-state index in [0.29, 0.717) is 24.4 Å². The molecule has 0 aromatic carbocycles. The highest BCUT2D eigenvalue weighted by Gasteiger charge is 2.24. The maximum Gasteiger partial charge on any atom is 0.236 e. The van der Waals surface area contributed by atoms with Crippen molar-refractivity contribution in [3.8, 4) is 0 Å². The number of nitrogens with one attached hydrogen (secondary N) is 1. The first-order chi connectivity index (χ1) is 9.19. The Hall–Kier alpha value is -0.610. The average molecular weight is 267 g/mol. The molecule has 0 bridgehead atoms. The normalized spacial score (nSPS) is 28.1. The molecule has 1 amide bonds. The Bertz CT molecular complexity index is 289. The number of nitrogens with zero attached hydrogens (tertiary/aromatic N) is 2. The molecule has 2 aliphatic heterocycles. The molecule has 0 aliphatic carbocycles. The molecule has 0 spiro atoms. The van der Waals surface area contributed by atoms with E-state index >= 15 is 0 Å². The van der Waals surface area contributed by atoms with Crippen LogP contribution in [0.3, 0.4) is 0 Å². The summed E-state index contributed by atoms with van der Waals surface area (Å²) in [6, 6.07) is 0.591. The fourth-order valence-electron chi connectivity index (χ4n) is 3.24. The van der Waals surface area contributed by atoms with E-state index in [-0.39, 0.29) is 0 Å². The molecule has 2 fully saturated rings. The van der Waals surface area contributed by atoms with E-state index in [9.17, 15) is 4.79 Å². The summed E-state index contributed by atoms with van der Waals surface area (Å²) < 4.78 is 0. The summed E-state index contributed by atoms with van der Waals surface area (Å²) in [5, 5.41) is 3.51. The predicted octanol–water partition coefficient (Wildman–Crippen LogP) is 1.32. The lowest BCUT2D eigenvalue weighted by atomic mass is 10.0. The summed E-state index contributed by atoms with van der Waals surface area (Å²) in [7, 11) is 0. The maximum atomic E-state index is 12.4. The van der Waals surface area contributed by atoms with Gasteiger partial charge in [-0.25, -0.2) is 0 Å². The lowest BCUT2D eigenvalue weighted by molar-refractivity contribution is -0.134. The molecule has 1 N–H and O–H groups in total. The molecular weight excluding hydrogens is 238 g/mol. The van der Waals surface area contributed by atoms with Crippen LogP contribution < -0.4 is 5.32 Å². The first-order valence-electron chi connectivity index (χ1n) is 7.92. The summed E-state index contributed by atoms with van der Waals surface area (Å²) in [4.78, 5) is 16.7. The van der Waals surface area contributed by atoms with Gasteiger partial charge in [-0.3, -0.25) is 9.69 Å². The summed E-state index contributed by atoms with van der Waals surface area (Å²) in [5.41, 5.74) is 0. The summed E-state index contributed by atoms with van der Waals surface area (Å²) in [5.74, 6) is 0.996. The van der Waals surface area contributed by atoms with E-state index in [1.807, 2.05) is 0 Å². The first-order valence-corrected chi connectivity index (χ1v) is 7.92. The number of carbonyl (C=O) groups excluding carboxylic acids is 1. The number of hydrogen-bond donors (Lipinski definition) is 1. The van der Waals surface area contributed by atoms with Gasteiger partial charge >= 0.3 is 0 Å². The van der Waals surface area contributed by atoms with E-state index in [4.69, 9.17) is 0 Å². The van der Waals surface area contributed by atoms with Crippen molar-refractivity contribution in [2.45, 2.75) is 45.6 Å². The van der Waals surface area contributed by atoms with Crippen molar-refractivity contribution in [3.05, 3.63) is 0 Å². The minimum atomic E-state index is 0.325. The zero-order valence-electron chi connectivity index (χ0n) is 12.5. The molecule has 2 saturated heterocycles. The van der Waals surface area contributed by atoms with Gasteiger partial charge in [0.25, 0.3) is 0 Å². The average Bonchev–Trinajstić information content (AvgIpc) is 2.90. The number of likely N-dealkylation sites (tertiary alicyclic amines) is 1. The molecule has 2 heterocycles. The van der Waals surface area contributed by atoms with Crippen LogP contribution in [0.2, 0.25) is 0 Å². The maximum absolute atomic E-state index is 12.4. The minimum absolute atomic E-state index is 0.325. The fraction of sp³-hybridized carbons (Fsp3) is 0.933. The van der Waals surface area contributed by atoms with Crippen molar-refractivity contribution in [3.63, 3.8) is 0 Å². The topological polar surface area (TPSA) is 35.6 Å². The van der Waals surface area contributed by atoms with Crippen molar-refractivity contribution >= 4 is 5.91 Å². The van der Waals surface area contributed by atoms with Crippen molar-refractivity contribution in [2.24, 2.45) is 5.92 Å². The molecule has 2 atom stereocenters. The van der Waals surface area contributed by atoms with Crippen molar-refractivity contribution < 1.29 is 4.79 Å². The second kappa shape index (κ2) is 7.25.